The monoisotopic (exact) mass is 276 g/mol. The van der Waals surface area contributed by atoms with Crippen LogP contribution in [0.15, 0.2) is 11.1 Å². The normalized spacial score (nSPS) is 43.8. The van der Waals surface area contributed by atoms with Crippen LogP contribution >= 0.6 is 0 Å². The van der Waals surface area contributed by atoms with Gasteiger partial charge in [0.1, 0.15) is 0 Å². The molecule has 0 heteroatoms. The minimum Gasteiger partial charge on any atom is -0.0676 e. The van der Waals surface area contributed by atoms with Gasteiger partial charge in [0, 0.05) is 5.41 Å². The fourth-order valence-electron chi connectivity index (χ4n) is 6.75. The van der Waals surface area contributed by atoms with E-state index in [1.807, 2.05) is 0 Å². The van der Waals surface area contributed by atoms with Crippen LogP contribution in [0.3, 0.4) is 0 Å². The van der Waals surface area contributed by atoms with Crippen LogP contribution in [0.1, 0.15) is 83.1 Å². The van der Waals surface area contributed by atoms with Gasteiger partial charge in [0.2, 0.25) is 0 Å². The van der Waals surface area contributed by atoms with E-state index in [1.54, 1.807) is 11.1 Å². The van der Waals surface area contributed by atoms with Crippen molar-refractivity contribution in [2.75, 3.05) is 0 Å². The molecule has 2 unspecified atom stereocenters. The lowest BCUT2D eigenvalue weighted by molar-refractivity contribution is -0.0628. The van der Waals surface area contributed by atoms with Crippen LogP contribution in [-0.2, 0) is 0 Å². The van der Waals surface area contributed by atoms with Crippen LogP contribution in [0, 0.1) is 32.5 Å². The summed E-state index contributed by atoms with van der Waals surface area (Å²) in [5.41, 5.74) is 4.89. The van der Waals surface area contributed by atoms with E-state index in [0.29, 0.717) is 5.41 Å². The van der Waals surface area contributed by atoms with E-state index in [9.17, 15) is 0 Å². The van der Waals surface area contributed by atoms with Crippen LogP contribution in [0.25, 0.3) is 0 Å². The first-order chi connectivity index (χ1) is 8.57. The highest BCUT2D eigenvalue weighted by Gasteiger charge is 2.81. The lowest BCUT2D eigenvalue weighted by Gasteiger charge is -2.56. The summed E-state index contributed by atoms with van der Waals surface area (Å²) < 4.78 is 0. The maximum absolute atomic E-state index is 2.57. The predicted octanol–water partition coefficient (Wildman–Crippen LogP) is 6.47. The summed E-state index contributed by atoms with van der Waals surface area (Å²) in [6.45, 7) is 29.9. The molecule has 0 saturated heterocycles. The van der Waals surface area contributed by atoms with E-state index < -0.39 is 0 Å². The Morgan fingerprint density at radius 2 is 0.900 bits per heavy atom. The van der Waals surface area contributed by atoms with Crippen molar-refractivity contribution in [3.63, 3.8) is 0 Å². The Bertz CT molecular complexity index is 498. The summed E-state index contributed by atoms with van der Waals surface area (Å²) in [4.78, 5) is 0. The number of hydrogen-bond donors (Lipinski definition) is 0. The van der Waals surface area contributed by atoms with Gasteiger partial charge in [0.25, 0.3) is 0 Å². The largest absolute Gasteiger partial charge is 0.0676 e. The SMILES string of the molecule is CC1=C(C)C2(C)C(C)(C)C(C)(C)C(C)(C)C2(C)C1(C)C. The highest BCUT2D eigenvalue weighted by molar-refractivity contribution is 5.45. The van der Waals surface area contributed by atoms with E-state index in [0.717, 1.165) is 0 Å². The van der Waals surface area contributed by atoms with Gasteiger partial charge in [0.15, 0.2) is 0 Å². The third kappa shape index (κ3) is 1.02. The second kappa shape index (κ2) is 3.39. The van der Waals surface area contributed by atoms with Crippen LogP contribution < -0.4 is 0 Å². The van der Waals surface area contributed by atoms with Gasteiger partial charge in [0.05, 0.1) is 0 Å². The minimum atomic E-state index is 0.250. The second-order valence-corrected chi connectivity index (χ2v) is 10.0. The van der Waals surface area contributed by atoms with Crippen molar-refractivity contribution in [1.82, 2.24) is 0 Å². The Kier molecular flexibility index (Phi) is 2.73. The maximum Gasteiger partial charge on any atom is 0.000727 e. The average Bonchev–Trinajstić information content (AvgIpc) is 2.45. The van der Waals surface area contributed by atoms with Crippen molar-refractivity contribution in [2.24, 2.45) is 32.5 Å². The van der Waals surface area contributed by atoms with Gasteiger partial charge in [-0.05, 0) is 40.9 Å². The van der Waals surface area contributed by atoms with E-state index >= 15 is 0 Å². The summed E-state index contributed by atoms with van der Waals surface area (Å²) in [6, 6.07) is 0. The molecule has 1 fully saturated rings. The van der Waals surface area contributed by atoms with Gasteiger partial charge in [-0.15, -0.1) is 0 Å². The highest BCUT2D eigenvalue weighted by Crippen LogP contribution is 2.87. The van der Waals surface area contributed by atoms with E-state index in [4.69, 9.17) is 0 Å². The third-order valence-corrected chi connectivity index (χ3v) is 10.1. The zero-order chi connectivity index (χ0) is 16.2. The Labute approximate surface area is 127 Å². The minimum absolute atomic E-state index is 0.250. The molecule has 0 N–H and O–H groups in total. The predicted molar refractivity (Wildman–Crippen MR) is 89.7 cm³/mol. The van der Waals surface area contributed by atoms with Crippen LogP contribution in [-0.4, -0.2) is 0 Å². The zero-order valence-electron chi connectivity index (χ0n) is 16.0. The van der Waals surface area contributed by atoms with Crippen LogP contribution in [0.4, 0.5) is 0 Å². The number of hydrogen-bond acceptors (Lipinski definition) is 0. The molecule has 1 saturated carbocycles. The average molecular weight is 277 g/mol. The Balaban J connectivity index is 2.98. The molecule has 2 atom stereocenters. The topological polar surface area (TPSA) is 0 Å². The molecule has 0 aromatic heterocycles. The lowest BCUT2D eigenvalue weighted by Crippen LogP contribution is -2.50. The summed E-state index contributed by atoms with van der Waals surface area (Å²) >= 11 is 0. The first kappa shape index (κ1) is 16.1. The molecular formula is C20H36. The molecule has 2 aliphatic rings. The zero-order valence-corrected chi connectivity index (χ0v) is 16.0. The molecule has 2 aliphatic carbocycles. The Hall–Kier alpha value is -0.260. The molecule has 0 heterocycles. The molecule has 0 spiro atoms. The van der Waals surface area contributed by atoms with Gasteiger partial charge >= 0.3 is 0 Å². The third-order valence-electron chi connectivity index (χ3n) is 10.1. The number of allylic oxidation sites excluding steroid dienone is 2. The summed E-state index contributed by atoms with van der Waals surface area (Å²) in [5.74, 6) is 0. The van der Waals surface area contributed by atoms with Gasteiger partial charge < -0.3 is 0 Å². The standard InChI is InChI=1S/C20H36/c1-13-14(2)19(11)17(7,8)16(5,6)18(9,10)20(19,12)15(13,3)4/h1-12H3. The van der Waals surface area contributed by atoms with Crippen LogP contribution in [0.5, 0.6) is 0 Å². The number of fused-ring (bicyclic) bond motifs is 1. The molecule has 2 rings (SSSR count). The highest BCUT2D eigenvalue weighted by atomic mass is 14.8. The summed E-state index contributed by atoms with van der Waals surface area (Å²) in [7, 11) is 0. The van der Waals surface area contributed by atoms with Crippen LogP contribution in [0.2, 0.25) is 0 Å². The smallest absolute Gasteiger partial charge is 0.000727 e. The van der Waals surface area contributed by atoms with Gasteiger partial charge in [-0.3, -0.25) is 0 Å². The van der Waals surface area contributed by atoms with E-state index in [1.165, 1.54) is 0 Å². The second-order valence-electron chi connectivity index (χ2n) is 10.0. The molecular weight excluding hydrogens is 240 g/mol. The van der Waals surface area contributed by atoms with Crippen molar-refractivity contribution in [3.05, 3.63) is 11.1 Å². The molecule has 0 radical (unpaired) electrons. The molecule has 116 valence electrons. The fraction of sp³-hybridized carbons (Fsp3) is 0.900. The van der Waals surface area contributed by atoms with Gasteiger partial charge in [-0.1, -0.05) is 80.4 Å². The van der Waals surface area contributed by atoms with Crippen molar-refractivity contribution >= 4 is 0 Å². The number of rotatable bonds is 0. The Morgan fingerprint density at radius 1 is 0.500 bits per heavy atom. The lowest BCUT2D eigenvalue weighted by atomic mass is 9.48. The Morgan fingerprint density at radius 3 is 1.25 bits per heavy atom. The molecule has 20 heavy (non-hydrogen) atoms. The summed E-state index contributed by atoms with van der Waals surface area (Å²) in [5, 5.41) is 0. The van der Waals surface area contributed by atoms with E-state index in [2.05, 4.69) is 83.1 Å². The summed E-state index contributed by atoms with van der Waals surface area (Å²) in [6.07, 6.45) is 0. The molecule has 0 aromatic carbocycles. The first-order valence-electron chi connectivity index (χ1n) is 8.25. The van der Waals surface area contributed by atoms with Crippen molar-refractivity contribution in [3.8, 4) is 0 Å². The first-order valence-corrected chi connectivity index (χ1v) is 8.25. The van der Waals surface area contributed by atoms with Crippen molar-refractivity contribution < 1.29 is 0 Å². The molecule has 0 nitrogen and oxygen atoms in total. The van der Waals surface area contributed by atoms with Gasteiger partial charge in [-0.2, -0.15) is 0 Å². The van der Waals surface area contributed by atoms with Gasteiger partial charge in [-0.25, -0.2) is 0 Å². The molecule has 0 aliphatic heterocycles. The molecule has 0 bridgehead atoms. The van der Waals surface area contributed by atoms with E-state index in [-0.39, 0.29) is 27.1 Å². The van der Waals surface area contributed by atoms with Crippen molar-refractivity contribution in [1.29, 1.82) is 0 Å². The fourth-order valence-corrected chi connectivity index (χ4v) is 6.75. The van der Waals surface area contributed by atoms with Crippen molar-refractivity contribution in [2.45, 2.75) is 83.1 Å². The maximum atomic E-state index is 2.57. The molecule has 0 aromatic rings. The molecule has 0 amide bonds. The quantitative estimate of drug-likeness (QED) is 0.445.